The second-order valence-electron chi connectivity index (χ2n) is 10.8. The number of rotatable bonds is 10. The first kappa shape index (κ1) is 32.8. The maximum atomic E-state index is 15.1. The Bertz CT molecular complexity index is 1650. The number of ether oxygens (including phenoxy) is 3. The lowest BCUT2D eigenvalue weighted by Crippen LogP contribution is -2.27. The molecule has 1 heterocycles. The van der Waals surface area contributed by atoms with Crippen molar-refractivity contribution in [3.05, 3.63) is 112 Å². The molecular weight excluding hydrogens is 625 g/mol. The lowest BCUT2D eigenvalue weighted by atomic mass is 9.99. The van der Waals surface area contributed by atoms with Crippen LogP contribution in [0.5, 0.6) is 5.75 Å². The minimum Gasteiger partial charge on any atom is -0.429 e. The van der Waals surface area contributed by atoms with Gasteiger partial charge in [-0.25, -0.2) is 22.0 Å². The van der Waals surface area contributed by atoms with Crippen molar-refractivity contribution in [2.45, 2.75) is 45.0 Å². The normalized spacial score (nSPS) is 17.0. The second kappa shape index (κ2) is 13.8. The molecule has 0 saturated carbocycles. The van der Waals surface area contributed by atoms with Crippen LogP contribution in [0.1, 0.15) is 50.0 Å². The molecule has 45 heavy (non-hydrogen) atoms. The third-order valence-electron chi connectivity index (χ3n) is 7.51. The first-order valence-electron chi connectivity index (χ1n) is 14.3. The van der Waals surface area contributed by atoms with Gasteiger partial charge in [-0.1, -0.05) is 56.0 Å². The summed E-state index contributed by atoms with van der Waals surface area (Å²) in [6, 6.07) is 11.0. The SMILES string of the molecule is CCCCCC1COC(c2ccc(-c3cc(F)c(C(F)(F)Oc4ccc(-c5ccc(Cl)c(F)c5)c(F)c4)c(F)c3)c(F)c2)OC1. The molecule has 0 aromatic heterocycles. The third kappa shape index (κ3) is 7.45. The number of hydrogen-bond donors (Lipinski definition) is 0. The summed E-state index contributed by atoms with van der Waals surface area (Å²) in [5.41, 5.74) is -2.03. The molecule has 0 N–H and O–H groups in total. The third-order valence-corrected chi connectivity index (χ3v) is 7.82. The van der Waals surface area contributed by atoms with Gasteiger partial charge in [0.15, 0.2) is 6.29 Å². The minimum absolute atomic E-state index is 0.0749. The molecule has 0 spiro atoms. The highest BCUT2D eigenvalue weighted by Gasteiger charge is 2.41. The summed E-state index contributed by atoms with van der Waals surface area (Å²) < 4.78 is 120. The fraction of sp³-hybridized carbons (Fsp3) is 0.294. The highest BCUT2D eigenvalue weighted by atomic mass is 35.5. The first-order chi connectivity index (χ1) is 21.5. The summed E-state index contributed by atoms with van der Waals surface area (Å²) in [4.78, 5) is 0. The van der Waals surface area contributed by atoms with Gasteiger partial charge < -0.3 is 14.2 Å². The molecule has 3 nitrogen and oxygen atoms in total. The number of hydrogen-bond acceptors (Lipinski definition) is 3. The van der Waals surface area contributed by atoms with E-state index in [-0.39, 0.29) is 33.2 Å². The molecule has 1 aliphatic rings. The van der Waals surface area contributed by atoms with E-state index in [0.717, 1.165) is 49.9 Å². The molecular formula is C34H28ClF7O3. The molecule has 5 rings (SSSR count). The van der Waals surface area contributed by atoms with Crippen molar-refractivity contribution in [1.82, 2.24) is 0 Å². The number of benzene rings is 4. The zero-order chi connectivity index (χ0) is 32.3. The Balaban J connectivity index is 1.31. The predicted molar refractivity (Wildman–Crippen MR) is 155 cm³/mol. The minimum atomic E-state index is -4.58. The quantitative estimate of drug-likeness (QED) is 0.126. The summed E-state index contributed by atoms with van der Waals surface area (Å²) in [5, 5.41) is -0.191. The molecule has 1 aliphatic heterocycles. The lowest BCUT2D eigenvalue weighted by Gasteiger charge is -2.29. The van der Waals surface area contributed by atoms with Crippen LogP contribution in [0.2, 0.25) is 5.02 Å². The molecule has 4 aromatic rings. The van der Waals surface area contributed by atoms with E-state index in [2.05, 4.69) is 11.7 Å². The van der Waals surface area contributed by atoms with Gasteiger partial charge in [-0.05, 0) is 60.0 Å². The van der Waals surface area contributed by atoms with Gasteiger partial charge in [0, 0.05) is 28.7 Å². The Morgan fingerprint density at radius 3 is 1.98 bits per heavy atom. The molecule has 238 valence electrons. The van der Waals surface area contributed by atoms with E-state index in [4.69, 9.17) is 21.1 Å². The first-order valence-corrected chi connectivity index (χ1v) is 14.7. The summed E-state index contributed by atoms with van der Waals surface area (Å²) in [7, 11) is 0. The standard InChI is InChI=1S/C34H28ClF7O3/c1-2-3-4-5-19-17-43-33(44-18-19)21-6-9-25(27(36)13-21)22-14-30(39)32(31(40)15-22)34(41,42)45-23-8-10-24(28(37)16-23)20-7-11-26(35)29(38)12-20/h6-16,19,33H,2-5,17-18H2,1H3. The average Bonchev–Trinajstić information content (AvgIpc) is 2.98. The van der Waals surface area contributed by atoms with Gasteiger partial charge in [0.25, 0.3) is 0 Å². The van der Waals surface area contributed by atoms with Crippen LogP contribution in [0.4, 0.5) is 30.7 Å². The van der Waals surface area contributed by atoms with Crippen molar-refractivity contribution in [3.63, 3.8) is 0 Å². The molecule has 11 heteroatoms. The molecule has 1 fully saturated rings. The van der Waals surface area contributed by atoms with Gasteiger partial charge in [-0.2, -0.15) is 8.78 Å². The number of halogens is 8. The molecule has 4 aromatic carbocycles. The predicted octanol–water partition coefficient (Wildman–Crippen LogP) is 10.7. The summed E-state index contributed by atoms with van der Waals surface area (Å²) >= 11 is 5.64. The molecule has 0 unspecified atom stereocenters. The van der Waals surface area contributed by atoms with Crippen molar-refractivity contribution in [2.75, 3.05) is 13.2 Å². The lowest BCUT2D eigenvalue weighted by molar-refractivity contribution is -0.206. The monoisotopic (exact) mass is 652 g/mol. The average molecular weight is 653 g/mol. The Kier molecular flexibility index (Phi) is 10.1. The second-order valence-corrected chi connectivity index (χ2v) is 11.2. The largest absolute Gasteiger partial charge is 0.432 e. The van der Waals surface area contributed by atoms with Crippen molar-refractivity contribution in [1.29, 1.82) is 0 Å². The van der Waals surface area contributed by atoms with E-state index < -0.39 is 52.8 Å². The van der Waals surface area contributed by atoms with Crippen LogP contribution in [-0.4, -0.2) is 13.2 Å². The fourth-order valence-electron chi connectivity index (χ4n) is 5.16. The van der Waals surface area contributed by atoms with Crippen LogP contribution >= 0.6 is 11.6 Å². The maximum absolute atomic E-state index is 15.1. The van der Waals surface area contributed by atoms with E-state index in [1.165, 1.54) is 24.3 Å². The van der Waals surface area contributed by atoms with Crippen molar-refractivity contribution < 1.29 is 44.9 Å². The van der Waals surface area contributed by atoms with E-state index >= 15 is 13.2 Å². The Morgan fingerprint density at radius 2 is 1.36 bits per heavy atom. The molecule has 0 atom stereocenters. The van der Waals surface area contributed by atoms with Crippen molar-refractivity contribution >= 4 is 11.6 Å². The number of alkyl halides is 2. The van der Waals surface area contributed by atoms with Crippen LogP contribution < -0.4 is 4.74 Å². The van der Waals surface area contributed by atoms with Gasteiger partial charge >= 0.3 is 6.11 Å². The molecule has 0 aliphatic carbocycles. The topological polar surface area (TPSA) is 27.7 Å². The van der Waals surface area contributed by atoms with E-state index in [1.54, 1.807) is 0 Å². The Hall–Kier alpha value is -3.60. The highest BCUT2D eigenvalue weighted by molar-refractivity contribution is 6.30. The summed E-state index contributed by atoms with van der Waals surface area (Å²) in [5.74, 6) is -6.67. The molecule has 0 radical (unpaired) electrons. The Labute approximate surface area is 260 Å². The molecule has 0 bridgehead atoms. The van der Waals surface area contributed by atoms with E-state index in [9.17, 15) is 17.6 Å². The van der Waals surface area contributed by atoms with Crippen LogP contribution in [0.15, 0.2) is 66.7 Å². The van der Waals surface area contributed by atoms with Gasteiger partial charge in [-0.3, -0.25) is 0 Å². The molecule has 0 amide bonds. The fourth-order valence-corrected chi connectivity index (χ4v) is 5.28. The van der Waals surface area contributed by atoms with Crippen LogP contribution in [0.25, 0.3) is 22.3 Å². The summed E-state index contributed by atoms with van der Waals surface area (Å²) in [6.45, 7) is 3.01. The van der Waals surface area contributed by atoms with Gasteiger partial charge in [0.1, 0.15) is 40.4 Å². The van der Waals surface area contributed by atoms with Gasteiger partial charge in [0.05, 0.1) is 18.2 Å². The van der Waals surface area contributed by atoms with E-state index in [0.29, 0.717) is 37.0 Å². The van der Waals surface area contributed by atoms with Gasteiger partial charge in [-0.15, -0.1) is 0 Å². The molecule has 1 saturated heterocycles. The number of unbranched alkanes of at least 4 members (excludes halogenated alkanes) is 2. The van der Waals surface area contributed by atoms with Crippen LogP contribution in [0.3, 0.4) is 0 Å². The highest BCUT2D eigenvalue weighted by Crippen LogP contribution is 2.39. The summed E-state index contributed by atoms with van der Waals surface area (Å²) in [6.07, 6.45) is -1.16. The zero-order valence-corrected chi connectivity index (χ0v) is 24.8. The van der Waals surface area contributed by atoms with Crippen molar-refractivity contribution in [3.8, 4) is 28.0 Å². The van der Waals surface area contributed by atoms with Crippen molar-refractivity contribution in [2.24, 2.45) is 5.92 Å². The zero-order valence-electron chi connectivity index (χ0n) is 24.0. The maximum Gasteiger partial charge on any atom is 0.432 e. The van der Waals surface area contributed by atoms with E-state index in [1.807, 2.05) is 0 Å². The van der Waals surface area contributed by atoms with Crippen LogP contribution in [0, 0.1) is 35.0 Å². The Morgan fingerprint density at radius 1 is 0.733 bits per heavy atom. The van der Waals surface area contributed by atoms with Gasteiger partial charge in [0.2, 0.25) is 0 Å². The smallest absolute Gasteiger partial charge is 0.429 e. The van der Waals surface area contributed by atoms with Crippen LogP contribution in [-0.2, 0) is 15.6 Å².